The topological polar surface area (TPSA) is 3.24 Å². The maximum absolute atomic E-state index is 5.23. The van der Waals surface area contributed by atoms with Crippen LogP contribution in [0.3, 0.4) is 0 Å². The molecule has 1 nitrogen and oxygen atoms in total. The van der Waals surface area contributed by atoms with Gasteiger partial charge >= 0.3 is 0 Å². The molecule has 0 aromatic rings. The van der Waals surface area contributed by atoms with Gasteiger partial charge in [-0.3, -0.25) is 0 Å². The molecule has 1 fully saturated rings. The molecule has 68 valence electrons. The van der Waals surface area contributed by atoms with E-state index in [2.05, 4.69) is 45.7 Å². The Kier molecular flexibility index (Phi) is 2.30. The lowest BCUT2D eigenvalue weighted by Gasteiger charge is -2.50. The lowest BCUT2D eigenvalue weighted by atomic mass is 9.76. The summed E-state index contributed by atoms with van der Waals surface area (Å²) in [5, 5.41) is 0. The van der Waals surface area contributed by atoms with Gasteiger partial charge in [-0.1, -0.05) is 39.1 Å². The van der Waals surface area contributed by atoms with E-state index >= 15 is 0 Å². The van der Waals surface area contributed by atoms with E-state index in [1.165, 1.54) is 5.57 Å². The van der Waals surface area contributed by atoms with Crippen LogP contribution in [0.5, 0.6) is 0 Å². The van der Waals surface area contributed by atoms with Gasteiger partial charge in [0.1, 0.15) is 4.99 Å². The first-order chi connectivity index (χ1) is 5.39. The predicted octanol–water partition coefficient (Wildman–Crippen LogP) is 2.62. The van der Waals surface area contributed by atoms with Crippen LogP contribution in [0.1, 0.15) is 27.7 Å². The van der Waals surface area contributed by atoms with Gasteiger partial charge in [0.05, 0.1) is 6.04 Å². The van der Waals surface area contributed by atoms with Gasteiger partial charge < -0.3 is 4.90 Å². The normalized spacial score (nSPS) is 27.8. The van der Waals surface area contributed by atoms with Gasteiger partial charge in [0.25, 0.3) is 0 Å². The smallest absolute Gasteiger partial charge is 0.107 e. The standard InChI is InChI=1S/C10H17NS/c1-6-7-8(10(2,3)4)11(5)9(7)12/h6,8H,1-5H3/b7-6-/t8-/m1/s1. The van der Waals surface area contributed by atoms with E-state index in [0.29, 0.717) is 11.5 Å². The fourth-order valence-electron chi connectivity index (χ4n) is 1.91. The van der Waals surface area contributed by atoms with Crippen LogP contribution in [0, 0.1) is 5.41 Å². The SMILES string of the molecule is C/C=C1\C(=S)N(C)[C@H]1C(C)(C)C. The van der Waals surface area contributed by atoms with Crippen LogP contribution in [0.2, 0.25) is 0 Å². The highest BCUT2D eigenvalue weighted by Crippen LogP contribution is 2.38. The fourth-order valence-corrected chi connectivity index (χ4v) is 2.24. The largest absolute Gasteiger partial charge is 0.358 e. The lowest BCUT2D eigenvalue weighted by molar-refractivity contribution is 0.199. The van der Waals surface area contributed by atoms with Crippen LogP contribution in [0.25, 0.3) is 0 Å². The first-order valence-corrected chi connectivity index (χ1v) is 4.73. The number of allylic oxidation sites excluding steroid dienone is 1. The molecular formula is C10H17NS. The highest BCUT2D eigenvalue weighted by molar-refractivity contribution is 7.80. The molecule has 0 unspecified atom stereocenters. The fraction of sp³-hybridized carbons (Fsp3) is 0.700. The van der Waals surface area contributed by atoms with Crippen LogP contribution >= 0.6 is 12.2 Å². The third-order valence-electron chi connectivity index (χ3n) is 2.38. The van der Waals surface area contributed by atoms with E-state index in [4.69, 9.17) is 12.2 Å². The van der Waals surface area contributed by atoms with Gasteiger partial charge in [0, 0.05) is 12.6 Å². The first kappa shape index (κ1) is 9.72. The number of nitrogens with zero attached hydrogens (tertiary/aromatic N) is 1. The van der Waals surface area contributed by atoms with Gasteiger partial charge in [-0.05, 0) is 12.3 Å². The first-order valence-electron chi connectivity index (χ1n) is 4.33. The molecule has 0 radical (unpaired) electrons. The summed E-state index contributed by atoms with van der Waals surface area (Å²) in [6.07, 6.45) is 2.14. The third kappa shape index (κ3) is 1.28. The Balaban J connectivity index is 2.88. The van der Waals surface area contributed by atoms with Gasteiger partial charge in [-0.2, -0.15) is 0 Å². The van der Waals surface area contributed by atoms with Crippen LogP contribution in [-0.2, 0) is 0 Å². The number of likely N-dealkylation sites (N-methyl/N-ethyl adjacent to an activating group) is 1. The summed E-state index contributed by atoms with van der Waals surface area (Å²) in [5.41, 5.74) is 1.62. The van der Waals surface area contributed by atoms with Crippen molar-refractivity contribution in [1.29, 1.82) is 0 Å². The Morgan fingerprint density at radius 1 is 1.42 bits per heavy atom. The van der Waals surface area contributed by atoms with E-state index in [-0.39, 0.29) is 0 Å². The second-order valence-corrected chi connectivity index (χ2v) is 4.82. The van der Waals surface area contributed by atoms with Crippen molar-refractivity contribution in [3.63, 3.8) is 0 Å². The van der Waals surface area contributed by atoms with Crippen molar-refractivity contribution in [1.82, 2.24) is 4.90 Å². The van der Waals surface area contributed by atoms with Crippen LogP contribution in [0.4, 0.5) is 0 Å². The zero-order valence-corrected chi connectivity index (χ0v) is 9.33. The molecule has 0 amide bonds. The number of hydrogen-bond donors (Lipinski definition) is 0. The summed E-state index contributed by atoms with van der Waals surface area (Å²) < 4.78 is 0. The summed E-state index contributed by atoms with van der Waals surface area (Å²) >= 11 is 5.23. The summed E-state index contributed by atoms with van der Waals surface area (Å²) in [7, 11) is 2.07. The number of rotatable bonds is 0. The molecule has 1 rings (SSSR count). The minimum absolute atomic E-state index is 0.291. The number of hydrogen-bond acceptors (Lipinski definition) is 1. The maximum Gasteiger partial charge on any atom is 0.107 e. The molecule has 12 heavy (non-hydrogen) atoms. The third-order valence-corrected chi connectivity index (χ3v) is 2.90. The van der Waals surface area contributed by atoms with E-state index < -0.39 is 0 Å². The van der Waals surface area contributed by atoms with Crippen LogP contribution < -0.4 is 0 Å². The molecule has 0 N–H and O–H groups in total. The molecule has 0 aromatic heterocycles. The summed E-state index contributed by atoms with van der Waals surface area (Å²) in [6, 6.07) is 0.509. The van der Waals surface area contributed by atoms with Crippen LogP contribution in [-0.4, -0.2) is 23.0 Å². The molecule has 1 heterocycles. The van der Waals surface area contributed by atoms with E-state index in [0.717, 1.165) is 4.99 Å². The molecule has 0 aromatic carbocycles. The second-order valence-electron chi connectivity index (χ2n) is 4.43. The Morgan fingerprint density at radius 3 is 2.17 bits per heavy atom. The van der Waals surface area contributed by atoms with Gasteiger partial charge in [0.2, 0.25) is 0 Å². The van der Waals surface area contributed by atoms with Gasteiger partial charge in [-0.25, -0.2) is 0 Å². The van der Waals surface area contributed by atoms with Crippen LogP contribution in [0.15, 0.2) is 11.6 Å². The van der Waals surface area contributed by atoms with Crippen molar-refractivity contribution in [3.05, 3.63) is 11.6 Å². The Labute approximate surface area is 80.4 Å². The molecular weight excluding hydrogens is 166 g/mol. The Hall–Kier alpha value is -0.370. The van der Waals surface area contributed by atoms with Crippen molar-refractivity contribution in [2.75, 3.05) is 7.05 Å². The summed E-state index contributed by atoms with van der Waals surface area (Å²) in [4.78, 5) is 3.20. The Morgan fingerprint density at radius 2 is 1.92 bits per heavy atom. The molecule has 1 aliphatic heterocycles. The molecule has 2 heteroatoms. The second kappa shape index (κ2) is 2.84. The van der Waals surface area contributed by atoms with E-state index in [1.807, 2.05) is 0 Å². The van der Waals surface area contributed by atoms with E-state index in [9.17, 15) is 0 Å². The molecule has 1 aliphatic rings. The summed E-state index contributed by atoms with van der Waals surface area (Å²) in [5.74, 6) is 0. The highest BCUT2D eigenvalue weighted by Gasteiger charge is 2.42. The molecule has 0 spiro atoms. The zero-order valence-electron chi connectivity index (χ0n) is 8.51. The van der Waals surface area contributed by atoms with Crippen molar-refractivity contribution in [2.45, 2.75) is 33.7 Å². The Bertz CT molecular complexity index is 235. The maximum atomic E-state index is 5.23. The molecule has 1 saturated heterocycles. The summed E-state index contributed by atoms with van der Waals surface area (Å²) in [6.45, 7) is 8.81. The number of thiocarbonyl (C=S) groups is 1. The average molecular weight is 183 g/mol. The van der Waals surface area contributed by atoms with Crippen molar-refractivity contribution in [3.8, 4) is 0 Å². The molecule has 0 bridgehead atoms. The monoisotopic (exact) mass is 183 g/mol. The minimum atomic E-state index is 0.291. The van der Waals surface area contributed by atoms with Crippen molar-refractivity contribution < 1.29 is 0 Å². The quantitative estimate of drug-likeness (QED) is 0.419. The van der Waals surface area contributed by atoms with E-state index in [1.54, 1.807) is 0 Å². The van der Waals surface area contributed by atoms with Crippen molar-refractivity contribution >= 4 is 17.2 Å². The number of likely N-dealkylation sites (tertiary alicyclic amines) is 1. The molecule has 0 saturated carbocycles. The van der Waals surface area contributed by atoms with Gasteiger partial charge in [-0.15, -0.1) is 0 Å². The lowest BCUT2D eigenvalue weighted by Crippen LogP contribution is -2.57. The predicted molar refractivity (Wildman–Crippen MR) is 57.4 cm³/mol. The zero-order chi connectivity index (χ0) is 9.52. The minimum Gasteiger partial charge on any atom is -0.358 e. The van der Waals surface area contributed by atoms with Crippen molar-refractivity contribution in [2.24, 2.45) is 5.41 Å². The van der Waals surface area contributed by atoms with Gasteiger partial charge in [0.15, 0.2) is 0 Å². The molecule has 1 atom stereocenters. The highest BCUT2D eigenvalue weighted by atomic mass is 32.1. The molecule has 0 aliphatic carbocycles. The average Bonchev–Trinajstić information content (AvgIpc) is 1.95.